The molecular formula is C22H36N4O. The van der Waals surface area contributed by atoms with Gasteiger partial charge in [0.05, 0.1) is 13.2 Å². The van der Waals surface area contributed by atoms with E-state index >= 15 is 0 Å². The van der Waals surface area contributed by atoms with E-state index in [9.17, 15) is 0 Å². The van der Waals surface area contributed by atoms with E-state index in [-0.39, 0.29) is 6.10 Å². The van der Waals surface area contributed by atoms with Crippen molar-refractivity contribution in [2.75, 3.05) is 52.4 Å². The van der Waals surface area contributed by atoms with Crippen LogP contribution in [0.15, 0.2) is 23.2 Å². The van der Waals surface area contributed by atoms with Gasteiger partial charge in [-0.15, -0.1) is 0 Å². The second kappa shape index (κ2) is 9.56. The largest absolute Gasteiger partial charge is 0.370 e. The summed E-state index contributed by atoms with van der Waals surface area (Å²) in [5.74, 6) is 1.74. The van der Waals surface area contributed by atoms with Crippen molar-refractivity contribution in [1.29, 1.82) is 0 Å². The van der Waals surface area contributed by atoms with Gasteiger partial charge in [-0.1, -0.05) is 30.7 Å². The van der Waals surface area contributed by atoms with Crippen molar-refractivity contribution in [3.8, 4) is 0 Å². The van der Waals surface area contributed by atoms with Crippen molar-refractivity contribution in [2.45, 2.75) is 40.2 Å². The van der Waals surface area contributed by atoms with Gasteiger partial charge in [0.1, 0.15) is 6.10 Å². The van der Waals surface area contributed by atoms with Crippen LogP contribution in [0.2, 0.25) is 0 Å². The number of benzene rings is 1. The zero-order valence-corrected chi connectivity index (χ0v) is 17.5. The van der Waals surface area contributed by atoms with Gasteiger partial charge in [-0.3, -0.25) is 4.99 Å². The first-order valence-corrected chi connectivity index (χ1v) is 10.5. The average Bonchev–Trinajstić information content (AvgIpc) is 3.13. The highest BCUT2D eigenvalue weighted by molar-refractivity contribution is 5.80. The van der Waals surface area contributed by atoms with E-state index in [4.69, 9.17) is 9.73 Å². The minimum absolute atomic E-state index is 0.116. The molecular weight excluding hydrogens is 336 g/mol. The molecule has 2 atom stereocenters. The molecule has 0 saturated carbocycles. The van der Waals surface area contributed by atoms with Crippen LogP contribution in [0.3, 0.4) is 0 Å². The minimum Gasteiger partial charge on any atom is -0.370 e. The summed E-state index contributed by atoms with van der Waals surface area (Å²) in [6.45, 7) is 16.6. The molecule has 1 N–H and O–H groups in total. The van der Waals surface area contributed by atoms with Gasteiger partial charge in [-0.2, -0.15) is 0 Å². The Morgan fingerprint density at radius 3 is 2.78 bits per heavy atom. The van der Waals surface area contributed by atoms with Crippen molar-refractivity contribution >= 4 is 5.96 Å². The number of hydrogen-bond donors (Lipinski definition) is 1. The number of ether oxygens (including phenoxy) is 1. The standard InChI is InChI=1S/C22H36N4O/c1-5-23-22(24-14-19-9-10-25(6-2)15-19)26-11-12-27-21(16-26)20-8-7-17(3)13-18(20)4/h7-8,13,19,21H,5-6,9-12,14-16H2,1-4H3,(H,23,24). The fourth-order valence-corrected chi connectivity index (χ4v) is 4.21. The van der Waals surface area contributed by atoms with E-state index in [1.54, 1.807) is 0 Å². The van der Waals surface area contributed by atoms with Crippen molar-refractivity contribution < 1.29 is 4.74 Å². The normalized spacial score (nSPS) is 24.4. The number of guanidine groups is 1. The predicted molar refractivity (Wildman–Crippen MR) is 112 cm³/mol. The monoisotopic (exact) mass is 372 g/mol. The lowest BCUT2D eigenvalue weighted by Crippen LogP contribution is -2.48. The molecule has 0 amide bonds. The third kappa shape index (κ3) is 5.23. The Hall–Kier alpha value is -1.59. The topological polar surface area (TPSA) is 40.1 Å². The average molecular weight is 373 g/mol. The second-order valence-corrected chi connectivity index (χ2v) is 7.91. The number of morpholine rings is 1. The smallest absolute Gasteiger partial charge is 0.194 e. The van der Waals surface area contributed by atoms with Gasteiger partial charge < -0.3 is 19.9 Å². The Bertz CT molecular complexity index is 645. The van der Waals surface area contributed by atoms with Crippen LogP contribution < -0.4 is 5.32 Å². The van der Waals surface area contributed by atoms with E-state index in [2.05, 4.69) is 61.0 Å². The Morgan fingerprint density at radius 2 is 2.07 bits per heavy atom. The Morgan fingerprint density at radius 1 is 1.22 bits per heavy atom. The van der Waals surface area contributed by atoms with Gasteiger partial charge in [0.15, 0.2) is 5.96 Å². The lowest BCUT2D eigenvalue weighted by molar-refractivity contribution is -0.00835. The summed E-state index contributed by atoms with van der Waals surface area (Å²) in [6, 6.07) is 6.65. The first kappa shape index (κ1) is 20.2. The summed E-state index contributed by atoms with van der Waals surface area (Å²) >= 11 is 0. The van der Waals surface area contributed by atoms with Crippen LogP contribution in [0.25, 0.3) is 0 Å². The van der Waals surface area contributed by atoms with Crippen LogP contribution in [0.1, 0.15) is 43.1 Å². The number of aliphatic imine (C=N–C) groups is 1. The van der Waals surface area contributed by atoms with Crippen molar-refractivity contribution in [1.82, 2.24) is 15.1 Å². The Kier molecular flexibility index (Phi) is 7.13. The highest BCUT2D eigenvalue weighted by Gasteiger charge is 2.26. The summed E-state index contributed by atoms with van der Waals surface area (Å²) < 4.78 is 6.12. The zero-order chi connectivity index (χ0) is 19.2. The van der Waals surface area contributed by atoms with Gasteiger partial charge in [0, 0.05) is 26.2 Å². The minimum atomic E-state index is 0.116. The second-order valence-electron chi connectivity index (χ2n) is 7.91. The van der Waals surface area contributed by atoms with Crippen LogP contribution in [0, 0.1) is 19.8 Å². The van der Waals surface area contributed by atoms with Crippen LogP contribution >= 0.6 is 0 Å². The van der Waals surface area contributed by atoms with Crippen molar-refractivity contribution in [3.05, 3.63) is 34.9 Å². The lowest BCUT2D eigenvalue weighted by atomic mass is 10.00. The van der Waals surface area contributed by atoms with Crippen LogP contribution in [0.4, 0.5) is 0 Å². The zero-order valence-electron chi connectivity index (χ0n) is 17.5. The van der Waals surface area contributed by atoms with E-state index < -0.39 is 0 Å². The predicted octanol–water partition coefficient (Wildman–Crippen LogP) is 2.98. The molecule has 0 spiro atoms. The number of nitrogens with one attached hydrogen (secondary N) is 1. The molecule has 2 aliphatic rings. The van der Waals surface area contributed by atoms with E-state index in [0.717, 1.165) is 45.3 Å². The first-order chi connectivity index (χ1) is 13.1. The Balaban J connectivity index is 1.66. The van der Waals surface area contributed by atoms with Crippen molar-refractivity contribution in [3.63, 3.8) is 0 Å². The maximum atomic E-state index is 6.12. The quantitative estimate of drug-likeness (QED) is 0.637. The van der Waals surface area contributed by atoms with Crippen LogP contribution in [-0.4, -0.2) is 68.2 Å². The first-order valence-electron chi connectivity index (χ1n) is 10.5. The number of rotatable bonds is 5. The molecule has 0 aliphatic carbocycles. The molecule has 2 aliphatic heterocycles. The lowest BCUT2D eigenvalue weighted by Gasteiger charge is -2.36. The van der Waals surface area contributed by atoms with E-state index in [1.807, 2.05) is 0 Å². The molecule has 3 rings (SSSR count). The number of nitrogens with zero attached hydrogens (tertiary/aromatic N) is 3. The summed E-state index contributed by atoms with van der Waals surface area (Å²) in [6.07, 6.45) is 1.38. The molecule has 5 heteroatoms. The van der Waals surface area contributed by atoms with Crippen LogP contribution in [-0.2, 0) is 4.74 Å². The SMILES string of the molecule is CCNC(=NCC1CCN(CC)C1)N1CCOC(c2ccc(C)cc2C)C1. The highest BCUT2D eigenvalue weighted by Crippen LogP contribution is 2.26. The molecule has 2 saturated heterocycles. The molecule has 2 unspecified atom stereocenters. The van der Waals surface area contributed by atoms with Gasteiger partial charge >= 0.3 is 0 Å². The van der Waals surface area contributed by atoms with Gasteiger partial charge in [-0.25, -0.2) is 0 Å². The number of aryl methyl sites for hydroxylation is 2. The van der Waals surface area contributed by atoms with Gasteiger partial charge in [-0.05, 0) is 57.3 Å². The molecule has 5 nitrogen and oxygen atoms in total. The maximum Gasteiger partial charge on any atom is 0.194 e. The highest BCUT2D eigenvalue weighted by atomic mass is 16.5. The third-order valence-electron chi connectivity index (χ3n) is 5.79. The molecule has 1 aromatic carbocycles. The fourth-order valence-electron chi connectivity index (χ4n) is 4.21. The third-order valence-corrected chi connectivity index (χ3v) is 5.79. The van der Waals surface area contributed by atoms with E-state index in [1.165, 1.54) is 36.2 Å². The molecule has 27 heavy (non-hydrogen) atoms. The summed E-state index contributed by atoms with van der Waals surface area (Å²) in [5.41, 5.74) is 3.92. The van der Waals surface area contributed by atoms with E-state index in [0.29, 0.717) is 5.92 Å². The fraction of sp³-hybridized carbons (Fsp3) is 0.682. The van der Waals surface area contributed by atoms with Crippen molar-refractivity contribution in [2.24, 2.45) is 10.9 Å². The van der Waals surface area contributed by atoms with Gasteiger partial charge in [0.2, 0.25) is 0 Å². The number of hydrogen-bond acceptors (Lipinski definition) is 3. The molecule has 0 bridgehead atoms. The molecule has 2 heterocycles. The summed E-state index contributed by atoms with van der Waals surface area (Å²) in [7, 11) is 0. The summed E-state index contributed by atoms with van der Waals surface area (Å²) in [5, 5.41) is 3.50. The maximum absolute atomic E-state index is 6.12. The molecule has 0 aromatic heterocycles. The number of likely N-dealkylation sites (tertiary alicyclic amines) is 1. The molecule has 0 radical (unpaired) electrons. The molecule has 1 aromatic rings. The molecule has 150 valence electrons. The van der Waals surface area contributed by atoms with Crippen LogP contribution in [0.5, 0.6) is 0 Å². The molecule has 2 fully saturated rings. The van der Waals surface area contributed by atoms with Gasteiger partial charge in [0.25, 0.3) is 0 Å². The summed E-state index contributed by atoms with van der Waals surface area (Å²) in [4.78, 5) is 9.91. The Labute approximate surface area is 164 Å².